The van der Waals surface area contributed by atoms with Gasteiger partial charge in [0, 0.05) is 0 Å². The number of carboxylic acids is 1. The van der Waals surface area contributed by atoms with Crippen molar-refractivity contribution in [1.29, 1.82) is 0 Å². The van der Waals surface area contributed by atoms with Gasteiger partial charge in [0.05, 0.1) is 5.92 Å². The van der Waals surface area contributed by atoms with E-state index in [-0.39, 0.29) is 5.92 Å². The molecule has 3 nitrogen and oxygen atoms in total. The van der Waals surface area contributed by atoms with Crippen LogP contribution in [0.5, 0.6) is 0 Å². The summed E-state index contributed by atoms with van der Waals surface area (Å²) in [5.74, 6) is 0.294. The van der Waals surface area contributed by atoms with Gasteiger partial charge in [-0.15, -0.1) is 0 Å². The van der Waals surface area contributed by atoms with Crippen molar-refractivity contribution in [2.75, 3.05) is 13.1 Å². The van der Waals surface area contributed by atoms with Gasteiger partial charge in [-0.05, 0) is 37.8 Å². The minimum Gasteiger partial charge on any atom is -0.481 e. The minimum atomic E-state index is -0.589. The SMILES string of the molecule is O=C(O)C1C2CCCCNCC21. The number of carbonyl (C=O) groups is 1. The second-order valence-corrected chi connectivity index (χ2v) is 3.89. The molecule has 12 heavy (non-hydrogen) atoms. The van der Waals surface area contributed by atoms with Gasteiger partial charge in [0.25, 0.3) is 0 Å². The van der Waals surface area contributed by atoms with Crippen LogP contribution in [0.4, 0.5) is 0 Å². The van der Waals surface area contributed by atoms with E-state index in [1.165, 1.54) is 12.8 Å². The van der Waals surface area contributed by atoms with E-state index >= 15 is 0 Å². The van der Waals surface area contributed by atoms with Crippen molar-refractivity contribution in [2.45, 2.75) is 19.3 Å². The molecule has 0 aromatic carbocycles. The molecule has 2 N–H and O–H groups in total. The molecule has 2 rings (SSSR count). The average Bonchev–Trinajstić information content (AvgIpc) is 2.60. The third-order valence-corrected chi connectivity index (χ3v) is 3.14. The zero-order valence-corrected chi connectivity index (χ0v) is 7.12. The molecule has 3 heteroatoms. The Kier molecular flexibility index (Phi) is 2.05. The second kappa shape index (κ2) is 3.05. The van der Waals surface area contributed by atoms with E-state index in [0.717, 1.165) is 19.5 Å². The van der Waals surface area contributed by atoms with Gasteiger partial charge in [0.1, 0.15) is 0 Å². The zero-order chi connectivity index (χ0) is 8.55. The van der Waals surface area contributed by atoms with Crippen molar-refractivity contribution < 1.29 is 9.90 Å². The van der Waals surface area contributed by atoms with Crippen LogP contribution in [-0.2, 0) is 4.79 Å². The Morgan fingerprint density at radius 2 is 2.17 bits per heavy atom. The fourth-order valence-corrected chi connectivity index (χ4v) is 2.38. The number of fused-ring (bicyclic) bond motifs is 1. The van der Waals surface area contributed by atoms with Gasteiger partial charge in [-0.2, -0.15) is 0 Å². The maximum atomic E-state index is 10.7. The van der Waals surface area contributed by atoms with Crippen LogP contribution in [0, 0.1) is 17.8 Å². The first-order valence-electron chi connectivity index (χ1n) is 4.74. The molecule has 1 aliphatic carbocycles. The van der Waals surface area contributed by atoms with Gasteiger partial charge in [0.15, 0.2) is 0 Å². The number of nitrogens with one attached hydrogen (secondary N) is 1. The molecular formula is C9H15NO2. The summed E-state index contributed by atoms with van der Waals surface area (Å²) in [6.45, 7) is 1.98. The Morgan fingerprint density at radius 3 is 2.92 bits per heavy atom. The minimum absolute atomic E-state index is 0.0319. The number of rotatable bonds is 1. The number of hydrogen-bond donors (Lipinski definition) is 2. The molecule has 1 saturated carbocycles. The van der Waals surface area contributed by atoms with E-state index in [2.05, 4.69) is 5.32 Å². The van der Waals surface area contributed by atoms with Gasteiger partial charge >= 0.3 is 5.97 Å². The van der Waals surface area contributed by atoms with E-state index < -0.39 is 5.97 Å². The molecule has 0 amide bonds. The van der Waals surface area contributed by atoms with Crippen LogP contribution < -0.4 is 5.32 Å². The Labute approximate surface area is 72.2 Å². The Hall–Kier alpha value is -0.570. The van der Waals surface area contributed by atoms with Gasteiger partial charge < -0.3 is 10.4 Å². The van der Waals surface area contributed by atoms with Crippen molar-refractivity contribution in [3.63, 3.8) is 0 Å². The molecule has 0 radical (unpaired) electrons. The highest BCUT2D eigenvalue weighted by atomic mass is 16.4. The maximum Gasteiger partial charge on any atom is 0.307 e. The van der Waals surface area contributed by atoms with Crippen LogP contribution in [0.2, 0.25) is 0 Å². The summed E-state index contributed by atoms with van der Waals surface area (Å²) in [6.07, 6.45) is 3.52. The van der Waals surface area contributed by atoms with E-state index in [4.69, 9.17) is 5.11 Å². The predicted molar refractivity (Wildman–Crippen MR) is 44.8 cm³/mol. The molecule has 68 valence electrons. The molecule has 3 atom stereocenters. The first kappa shape index (κ1) is 8.05. The summed E-state index contributed by atoms with van der Waals surface area (Å²) >= 11 is 0. The normalized spacial score (nSPS) is 40.8. The highest BCUT2D eigenvalue weighted by Gasteiger charge is 2.53. The van der Waals surface area contributed by atoms with Crippen LogP contribution >= 0.6 is 0 Å². The number of hydrogen-bond acceptors (Lipinski definition) is 2. The van der Waals surface area contributed by atoms with Gasteiger partial charge in [-0.1, -0.05) is 6.42 Å². The predicted octanol–water partition coefficient (Wildman–Crippen LogP) is 0.707. The summed E-state index contributed by atoms with van der Waals surface area (Å²) < 4.78 is 0. The lowest BCUT2D eigenvalue weighted by Crippen LogP contribution is -2.21. The van der Waals surface area contributed by atoms with Gasteiger partial charge in [-0.25, -0.2) is 0 Å². The molecule has 3 unspecified atom stereocenters. The van der Waals surface area contributed by atoms with Crippen LogP contribution in [0.25, 0.3) is 0 Å². The summed E-state index contributed by atoms with van der Waals surface area (Å²) in [4.78, 5) is 10.7. The van der Waals surface area contributed by atoms with Crippen LogP contribution in [0.3, 0.4) is 0 Å². The molecule has 1 heterocycles. The molecule has 2 aliphatic rings. The first-order chi connectivity index (χ1) is 5.80. The molecule has 1 saturated heterocycles. The topological polar surface area (TPSA) is 49.3 Å². The smallest absolute Gasteiger partial charge is 0.307 e. The Morgan fingerprint density at radius 1 is 1.33 bits per heavy atom. The molecule has 0 aromatic rings. The van der Waals surface area contributed by atoms with E-state index in [0.29, 0.717) is 11.8 Å². The second-order valence-electron chi connectivity index (χ2n) is 3.89. The fraction of sp³-hybridized carbons (Fsp3) is 0.889. The molecule has 1 aliphatic heterocycles. The molecule has 0 aromatic heterocycles. The monoisotopic (exact) mass is 169 g/mol. The molecule has 2 fully saturated rings. The van der Waals surface area contributed by atoms with E-state index in [9.17, 15) is 4.79 Å². The summed E-state index contributed by atoms with van der Waals surface area (Å²) in [7, 11) is 0. The zero-order valence-electron chi connectivity index (χ0n) is 7.12. The quantitative estimate of drug-likeness (QED) is 0.607. The Bertz CT molecular complexity index is 179. The van der Waals surface area contributed by atoms with E-state index in [1.54, 1.807) is 0 Å². The maximum absolute atomic E-state index is 10.7. The lowest BCUT2D eigenvalue weighted by molar-refractivity contribution is -0.139. The van der Waals surface area contributed by atoms with Crippen LogP contribution in [0.15, 0.2) is 0 Å². The third-order valence-electron chi connectivity index (χ3n) is 3.14. The third kappa shape index (κ3) is 1.33. The lowest BCUT2D eigenvalue weighted by atomic mass is 10.1. The first-order valence-corrected chi connectivity index (χ1v) is 4.74. The lowest BCUT2D eigenvalue weighted by Gasteiger charge is -2.07. The summed E-state index contributed by atoms with van der Waals surface area (Å²) in [5, 5.41) is 12.1. The summed E-state index contributed by atoms with van der Waals surface area (Å²) in [5.41, 5.74) is 0. The van der Waals surface area contributed by atoms with Gasteiger partial charge in [0.2, 0.25) is 0 Å². The average molecular weight is 169 g/mol. The van der Waals surface area contributed by atoms with E-state index in [1.807, 2.05) is 0 Å². The Balaban J connectivity index is 1.93. The van der Waals surface area contributed by atoms with Crippen molar-refractivity contribution in [2.24, 2.45) is 17.8 Å². The molecule has 0 spiro atoms. The molecule has 0 bridgehead atoms. The largest absolute Gasteiger partial charge is 0.481 e. The van der Waals surface area contributed by atoms with Crippen molar-refractivity contribution in [3.05, 3.63) is 0 Å². The van der Waals surface area contributed by atoms with Crippen LogP contribution in [0.1, 0.15) is 19.3 Å². The van der Waals surface area contributed by atoms with Gasteiger partial charge in [-0.3, -0.25) is 4.79 Å². The number of aliphatic carboxylic acids is 1. The van der Waals surface area contributed by atoms with Crippen molar-refractivity contribution in [3.8, 4) is 0 Å². The standard InChI is InChI=1S/C9H15NO2/c11-9(12)8-6-3-1-2-4-10-5-7(6)8/h6-8,10H,1-5H2,(H,11,12). The summed E-state index contributed by atoms with van der Waals surface area (Å²) in [6, 6.07) is 0. The van der Waals surface area contributed by atoms with Crippen LogP contribution in [-0.4, -0.2) is 24.2 Å². The van der Waals surface area contributed by atoms with Crippen molar-refractivity contribution in [1.82, 2.24) is 5.32 Å². The fourth-order valence-electron chi connectivity index (χ4n) is 2.38. The number of carboxylic acid groups (broad SMARTS) is 1. The highest BCUT2D eigenvalue weighted by Crippen LogP contribution is 2.49. The van der Waals surface area contributed by atoms with Crippen molar-refractivity contribution >= 4 is 5.97 Å². The molecular weight excluding hydrogens is 154 g/mol. The highest BCUT2D eigenvalue weighted by molar-refractivity contribution is 5.74.